The molecule has 1 aliphatic carbocycles. The van der Waals surface area contributed by atoms with Gasteiger partial charge < -0.3 is 10.6 Å². The molecule has 1 fully saturated rings. The van der Waals surface area contributed by atoms with E-state index >= 15 is 0 Å². The SMILES string of the molecule is CC1Cc2cc(CCCCN)ccc2N1C(=O)CCC1CCCCC1. The molecule has 1 amide bonds. The molecule has 1 aliphatic heterocycles. The van der Waals surface area contributed by atoms with Gasteiger partial charge in [0.2, 0.25) is 5.91 Å². The molecule has 1 atom stereocenters. The monoisotopic (exact) mass is 342 g/mol. The van der Waals surface area contributed by atoms with Gasteiger partial charge in [-0.2, -0.15) is 0 Å². The number of amides is 1. The summed E-state index contributed by atoms with van der Waals surface area (Å²) in [7, 11) is 0. The molecule has 1 saturated carbocycles. The second-order valence-electron chi connectivity index (χ2n) is 8.07. The molecule has 2 aliphatic rings. The van der Waals surface area contributed by atoms with Gasteiger partial charge in [0.1, 0.15) is 0 Å². The van der Waals surface area contributed by atoms with Crippen molar-refractivity contribution in [3.8, 4) is 0 Å². The Bertz CT molecular complexity index is 577. The first kappa shape index (κ1) is 18.4. The van der Waals surface area contributed by atoms with Gasteiger partial charge in [-0.1, -0.05) is 44.2 Å². The van der Waals surface area contributed by atoms with Crippen LogP contribution in [0.5, 0.6) is 0 Å². The highest BCUT2D eigenvalue weighted by Gasteiger charge is 2.31. The van der Waals surface area contributed by atoms with E-state index in [1.165, 1.54) is 43.2 Å². The molecular weight excluding hydrogens is 308 g/mol. The Morgan fingerprint density at radius 3 is 2.76 bits per heavy atom. The number of benzene rings is 1. The van der Waals surface area contributed by atoms with Crippen molar-refractivity contribution >= 4 is 11.6 Å². The Kier molecular flexibility index (Phi) is 6.52. The number of aryl methyl sites for hydroxylation is 1. The van der Waals surface area contributed by atoms with Gasteiger partial charge >= 0.3 is 0 Å². The fourth-order valence-corrected chi connectivity index (χ4v) is 4.62. The van der Waals surface area contributed by atoms with Crippen LogP contribution in [-0.2, 0) is 17.6 Å². The third-order valence-electron chi connectivity index (χ3n) is 6.04. The molecular formula is C22H34N2O. The molecule has 3 heteroatoms. The smallest absolute Gasteiger partial charge is 0.227 e. The zero-order valence-corrected chi connectivity index (χ0v) is 15.8. The van der Waals surface area contributed by atoms with Crippen LogP contribution in [0.15, 0.2) is 18.2 Å². The summed E-state index contributed by atoms with van der Waals surface area (Å²) >= 11 is 0. The largest absolute Gasteiger partial charge is 0.330 e. The second kappa shape index (κ2) is 8.84. The van der Waals surface area contributed by atoms with Crippen molar-refractivity contribution < 1.29 is 4.79 Å². The highest BCUT2D eigenvalue weighted by atomic mass is 16.2. The number of rotatable bonds is 7. The number of carbonyl (C=O) groups excluding carboxylic acids is 1. The Morgan fingerprint density at radius 1 is 1.20 bits per heavy atom. The van der Waals surface area contributed by atoms with Crippen molar-refractivity contribution in [3.05, 3.63) is 29.3 Å². The molecule has 1 aromatic carbocycles. The quantitative estimate of drug-likeness (QED) is 0.736. The summed E-state index contributed by atoms with van der Waals surface area (Å²) in [6, 6.07) is 6.99. The van der Waals surface area contributed by atoms with Crippen molar-refractivity contribution in [2.75, 3.05) is 11.4 Å². The van der Waals surface area contributed by atoms with Gasteiger partial charge in [-0.05, 0) is 68.7 Å². The summed E-state index contributed by atoms with van der Waals surface area (Å²) < 4.78 is 0. The fourth-order valence-electron chi connectivity index (χ4n) is 4.62. The molecule has 2 N–H and O–H groups in total. The van der Waals surface area contributed by atoms with Crippen molar-refractivity contribution in [2.24, 2.45) is 11.7 Å². The van der Waals surface area contributed by atoms with Gasteiger partial charge in [0.15, 0.2) is 0 Å². The first-order chi connectivity index (χ1) is 12.2. The Morgan fingerprint density at radius 2 is 2.00 bits per heavy atom. The molecule has 0 aromatic heterocycles. The number of hydrogen-bond acceptors (Lipinski definition) is 2. The Labute approximate surface area is 153 Å². The summed E-state index contributed by atoms with van der Waals surface area (Å²) in [6.07, 6.45) is 12.9. The van der Waals surface area contributed by atoms with Gasteiger partial charge in [0, 0.05) is 18.2 Å². The third kappa shape index (κ3) is 4.63. The van der Waals surface area contributed by atoms with Gasteiger partial charge in [-0.3, -0.25) is 4.79 Å². The minimum absolute atomic E-state index is 0.299. The first-order valence-electron chi connectivity index (χ1n) is 10.3. The van der Waals surface area contributed by atoms with Crippen molar-refractivity contribution in [2.45, 2.75) is 83.6 Å². The fraction of sp³-hybridized carbons (Fsp3) is 0.682. The van der Waals surface area contributed by atoms with Gasteiger partial charge in [0.05, 0.1) is 0 Å². The molecule has 1 unspecified atom stereocenters. The van der Waals surface area contributed by atoms with Gasteiger partial charge in [0.25, 0.3) is 0 Å². The summed E-state index contributed by atoms with van der Waals surface area (Å²) in [5.41, 5.74) is 9.48. The standard InChI is InChI=1S/C22H34N2O/c1-17-15-20-16-19(9-5-6-14-23)10-12-21(20)24(17)22(25)13-11-18-7-3-2-4-8-18/h10,12,16-18H,2-9,11,13-15,23H2,1H3. The maximum absolute atomic E-state index is 12.9. The molecule has 0 bridgehead atoms. The van der Waals surface area contributed by atoms with Crippen LogP contribution in [-0.4, -0.2) is 18.5 Å². The van der Waals surface area contributed by atoms with Crippen molar-refractivity contribution in [3.63, 3.8) is 0 Å². The molecule has 3 nitrogen and oxygen atoms in total. The van der Waals surface area contributed by atoms with E-state index in [-0.39, 0.29) is 0 Å². The van der Waals surface area contributed by atoms with Crippen LogP contribution in [0.3, 0.4) is 0 Å². The van der Waals surface area contributed by atoms with E-state index in [0.717, 1.165) is 50.3 Å². The van der Waals surface area contributed by atoms with E-state index in [2.05, 4.69) is 30.0 Å². The van der Waals surface area contributed by atoms with E-state index in [0.29, 0.717) is 18.4 Å². The van der Waals surface area contributed by atoms with E-state index < -0.39 is 0 Å². The van der Waals surface area contributed by atoms with Crippen LogP contribution in [0.25, 0.3) is 0 Å². The first-order valence-corrected chi connectivity index (χ1v) is 10.3. The third-order valence-corrected chi connectivity index (χ3v) is 6.04. The maximum Gasteiger partial charge on any atom is 0.227 e. The van der Waals surface area contributed by atoms with E-state index in [1.807, 2.05) is 0 Å². The zero-order valence-electron chi connectivity index (χ0n) is 15.8. The molecule has 0 spiro atoms. The topological polar surface area (TPSA) is 46.3 Å². The van der Waals surface area contributed by atoms with Crippen LogP contribution in [0, 0.1) is 5.92 Å². The lowest BCUT2D eigenvalue weighted by atomic mass is 9.86. The van der Waals surface area contributed by atoms with E-state index in [1.54, 1.807) is 0 Å². The summed E-state index contributed by atoms with van der Waals surface area (Å²) in [6.45, 7) is 2.96. The van der Waals surface area contributed by atoms with Gasteiger partial charge in [-0.25, -0.2) is 0 Å². The molecule has 1 aromatic rings. The molecule has 1 heterocycles. The number of nitrogens with two attached hydrogens (primary N) is 1. The van der Waals surface area contributed by atoms with Crippen LogP contribution >= 0.6 is 0 Å². The molecule has 0 saturated heterocycles. The van der Waals surface area contributed by atoms with Crippen LogP contribution in [0.4, 0.5) is 5.69 Å². The van der Waals surface area contributed by atoms with Crippen molar-refractivity contribution in [1.82, 2.24) is 0 Å². The molecule has 0 radical (unpaired) electrons. The lowest BCUT2D eigenvalue weighted by Gasteiger charge is -2.25. The average molecular weight is 343 g/mol. The predicted molar refractivity (Wildman–Crippen MR) is 105 cm³/mol. The van der Waals surface area contributed by atoms with Gasteiger partial charge in [-0.15, -0.1) is 0 Å². The number of unbranched alkanes of at least 4 members (excludes halogenated alkanes) is 1. The minimum Gasteiger partial charge on any atom is -0.330 e. The van der Waals surface area contributed by atoms with E-state index in [4.69, 9.17) is 5.73 Å². The lowest BCUT2D eigenvalue weighted by Crippen LogP contribution is -2.35. The van der Waals surface area contributed by atoms with Crippen LogP contribution in [0.1, 0.15) is 75.8 Å². The average Bonchev–Trinajstić information content (AvgIpc) is 2.96. The van der Waals surface area contributed by atoms with Crippen molar-refractivity contribution in [1.29, 1.82) is 0 Å². The van der Waals surface area contributed by atoms with E-state index in [9.17, 15) is 4.79 Å². The maximum atomic E-state index is 12.9. The number of hydrogen-bond donors (Lipinski definition) is 1. The summed E-state index contributed by atoms with van der Waals surface area (Å²) in [4.78, 5) is 14.9. The highest BCUT2D eigenvalue weighted by Crippen LogP contribution is 2.35. The van der Waals surface area contributed by atoms with Crippen LogP contribution < -0.4 is 10.6 Å². The highest BCUT2D eigenvalue weighted by molar-refractivity contribution is 5.96. The molecule has 3 rings (SSSR count). The zero-order chi connectivity index (χ0) is 17.6. The minimum atomic E-state index is 0.299. The predicted octanol–water partition coefficient (Wildman–Crippen LogP) is 4.61. The van der Waals surface area contributed by atoms with Crippen LogP contribution in [0.2, 0.25) is 0 Å². The lowest BCUT2D eigenvalue weighted by molar-refractivity contribution is -0.119. The number of anilines is 1. The summed E-state index contributed by atoms with van der Waals surface area (Å²) in [5, 5.41) is 0. The summed E-state index contributed by atoms with van der Waals surface area (Å²) in [5.74, 6) is 1.10. The Hall–Kier alpha value is -1.35. The number of carbonyl (C=O) groups is 1. The molecule has 138 valence electrons. The number of nitrogens with zero attached hydrogens (tertiary/aromatic N) is 1. The molecule has 25 heavy (non-hydrogen) atoms. The normalized spacial score (nSPS) is 20.7. The number of fused-ring (bicyclic) bond motifs is 1. The second-order valence-corrected chi connectivity index (χ2v) is 8.07. The Balaban J connectivity index is 1.60.